The topological polar surface area (TPSA) is 4.93 Å². The van der Waals surface area contributed by atoms with E-state index < -0.39 is 0 Å². The van der Waals surface area contributed by atoms with Gasteiger partial charge in [-0.1, -0.05) is 35.3 Å². The second-order valence-electron chi connectivity index (χ2n) is 3.09. The second-order valence-corrected chi connectivity index (χ2v) is 3.91. The molecule has 0 spiro atoms. The maximum absolute atomic E-state index is 5.96. The summed E-state index contributed by atoms with van der Waals surface area (Å²) in [6.45, 7) is 0.756. The van der Waals surface area contributed by atoms with Crippen molar-refractivity contribution in [3.05, 3.63) is 58.3 Å². The third-order valence-corrected chi connectivity index (χ3v) is 2.59. The Morgan fingerprint density at radius 1 is 1.07 bits per heavy atom. The molecule has 0 N–H and O–H groups in total. The van der Waals surface area contributed by atoms with E-state index >= 15 is 0 Å². The summed E-state index contributed by atoms with van der Waals surface area (Å²) in [5.74, 6) is 0. The highest BCUT2D eigenvalue weighted by atomic mass is 35.5. The number of rotatable bonds is 2. The molecule has 1 heterocycles. The highest BCUT2D eigenvalue weighted by Crippen LogP contribution is 2.15. The van der Waals surface area contributed by atoms with E-state index in [2.05, 4.69) is 0 Å². The molecular weight excluding hydrogens is 217 g/mol. The summed E-state index contributed by atoms with van der Waals surface area (Å²) in [5.41, 5.74) is 1.15. The van der Waals surface area contributed by atoms with Crippen molar-refractivity contribution < 1.29 is 0 Å². The van der Waals surface area contributed by atoms with E-state index in [1.807, 2.05) is 47.2 Å². The lowest BCUT2D eigenvalue weighted by atomic mass is 10.2. The first-order chi connectivity index (χ1) is 6.75. The average molecular weight is 226 g/mol. The molecule has 14 heavy (non-hydrogen) atoms. The van der Waals surface area contributed by atoms with Crippen molar-refractivity contribution in [2.45, 2.75) is 6.54 Å². The molecule has 0 fully saturated rings. The van der Waals surface area contributed by atoms with Crippen molar-refractivity contribution in [2.24, 2.45) is 0 Å². The van der Waals surface area contributed by atoms with Crippen molar-refractivity contribution in [1.82, 2.24) is 4.57 Å². The molecule has 0 amide bonds. The highest BCUT2D eigenvalue weighted by Gasteiger charge is 1.99. The zero-order valence-corrected chi connectivity index (χ0v) is 8.96. The largest absolute Gasteiger partial charge is 0.334 e. The predicted molar refractivity (Wildman–Crippen MR) is 60.0 cm³/mol. The van der Waals surface area contributed by atoms with Crippen LogP contribution >= 0.6 is 23.2 Å². The third-order valence-electron chi connectivity index (χ3n) is 2.02. The predicted octanol–water partition coefficient (Wildman–Crippen LogP) is 3.84. The van der Waals surface area contributed by atoms with Gasteiger partial charge in [-0.15, -0.1) is 0 Å². The maximum atomic E-state index is 5.96. The van der Waals surface area contributed by atoms with Gasteiger partial charge in [0.15, 0.2) is 0 Å². The minimum Gasteiger partial charge on any atom is -0.334 e. The number of benzene rings is 1. The SMILES string of the molecule is Clc1cccc(Cn2cccc2Cl)c1. The first-order valence-corrected chi connectivity index (χ1v) is 5.06. The Morgan fingerprint density at radius 2 is 1.93 bits per heavy atom. The molecule has 0 radical (unpaired) electrons. The first kappa shape index (κ1) is 9.63. The molecule has 0 aliphatic carbocycles. The second kappa shape index (κ2) is 4.07. The number of hydrogen-bond acceptors (Lipinski definition) is 0. The lowest BCUT2D eigenvalue weighted by Gasteiger charge is -2.04. The normalized spacial score (nSPS) is 10.4. The zero-order chi connectivity index (χ0) is 9.97. The van der Waals surface area contributed by atoms with Crippen LogP contribution < -0.4 is 0 Å². The van der Waals surface area contributed by atoms with Crippen LogP contribution in [0.15, 0.2) is 42.6 Å². The van der Waals surface area contributed by atoms with Crippen molar-refractivity contribution in [3.63, 3.8) is 0 Å². The number of halogens is 2. The fourth-order valence-electron chi connectivity index (χ4n) is 1.35. The number of aromatic nitrogens is 1. The lowest BCUT2D eigenvalue weighted by Crippen LogP contribution is -1.97. The fraction of sp³-hybridized carbons (Fsp3) is 0.0909. The highest BCUT2D eigenvalue weighted by molar-refractivity contribution is 6.30. The van der Waals surface area contributed by atoms with Gasteiger partial charge >= 0.3 is 0 Å². The molecule has 1 aromatic heterocycles. The summed E-state index contributed by atoms with van der Waals surface area (Å²) in [5, 5.41) is 1.50. The van der Waals surface area contributed by atoms with Crippen molar-refractivity contribution in [1.29, 1.82) is 0 Å². The van der Waals surface area contributed by atoms with E-state index in [0.29, 0.717) is 0 Å². The molecular formula is C11H9Cl2N. The van der Waals surface area contributed by atoms with E-state index in [9.17, 15) is 0 Å². The van der Waals surface area contributed by atoms with Gasteiger partial charge in [-0.25, -0.2) is 0 Å². The molecule has 0 atom stereocenters. The number of nitrogens with zero attached hydrogens (tertiary/aromatic N) is 1. The van der Waals surface area contributed by atoms with Gasteiger partial charge in [0.2, 0.25) is 0 Å². The zero-order valence-electron chi connectivity index (χ0n) is 7.45. The molecule has 0 aliphatic rings. The maximum Gasteiger partial charge on any atom is 0.109 e. The van der Waals surface area contributed by atoms with Gasteiger partial charge in [-0.05, 0) is 29.8 Å². The molecule has 3 heteroatoms. The fourth-order valence-corrected chi connectivity index (χ4v) is 1.76. The summed E-state index contributed by atoms with van der Waals surface area (Å²) in [6, 6.07) is 11.6. The van der Waals surface area contributed by atoms with Gasteiger partial charge in [0, 0.05) is 17.8 Å². The van der Waals surface area contributed by atoms with Crippen molar-refractivity contribution >= 4 is 23.2 Å². The molecule has 2 rings (SSSR count). The van der Waals surface area contributed by atoms with Crippen molar-refractivity contribution in [3.8, 4) is 0 Å². The average Bonchev–Trinajstić information content (AvgIpc) is 2.52. The smallest absolute Gasteiger partial charge is 0.109 e. The van der Waals surface area contributed by atoms with Gasteiger partial charge in [-0.3, -0.25) is 0 Å². The first-order valence-electron chi connectivity index (χ1n) is 4.31. The van der Waals surface area contributed by atoms with Crippen LogP contribution in [0.3, 0.4) is 0 Å². The van der Waals surface area contributed by atoms with E-state index in [1.54, 1.807) is 0 Å². The van der Waals surface area contributed by atoms with E-state index in [1.165, 1.54) is 0 Å². The van der Waals surface area contributed by atoms with E-state index in [0.717, 1.165) is 22.3 Å². The third kappa shape index (κ3) is 2.11. The molecule has 1 nitrogen and oxygen atoms in total. The molecule has 0 unspecified atom stereocenters. The van der Waals surface area contributed by atoms with Crippen LogP contribution in [0.5, 0.6) is 0 Å². The Balaban J connectivity index is 2.23. The minimum atomic E-state index is 0.741. The van der Waals surface area contributed by atoms with Crippen LogP contribution in [0.1, 0.15) is 5.56 Å². The molecule has 2 aromatic rings. The molecule has 0 bridgehead atoms. The van der Waals surface area contributed by atoms with Crippen LogP contribution in [0, 0.1) is 0 Å². The molecule has 0 saturated heterocycles. The van der Waals surface area contributed by atoms with Gasteiger partial charge in [-0.2, -0.15) is 0 Å². The summed E-state index contributed by atoms with van der Waals surface area (Å²) < 4.78 is 1.97. The van der Waals surface area contributed by atoms with Crippen LogP contribution in [0.2, 0.25) is 10.2 Å². The summed E-state index contributed by atoms with van der Waals surface area (Å²) in [4.78, 5) is 0. The van der Waals surface area contributed by atoms with Crippen LogP contribution in [0.25, 0.3) is 0 Å². The monoisotopic (exact) mass is 225 g/mol. The summed E-state index contributed by atoms with van der Waals surface area (Å²) >= 11 is 11.8. The summed E-state index contributed by atoms with van der Waals surface area (Å²) in [6.07, 6.45) is 1.95. The van der Waals surface area contributed by atoms with Gasteiger partial charge < -0.3 is 4.57 Å². The Morgan fingerprint density at radius 3 is 2.57 bits per heavy atom. The summed E-state index contributed by atoms with van der Waals surface area (Å²) in [7, 11) is 0. The molecule has 0 saturated carbocycles. The van der Waals surface area contributed by atoms with E-state index in [4.69, 9.17) is 23.2 Å². The molecule has 0 aliphatic heterocycles. The Kier molecular flexibility index (Phi) is 2.80. The Labute approximate surface area is 92.9 Å². The van der Waals surface area contributed by atoms with Crippen molar-refractivity contribution in [2.75, 3.05) is 0 Å². The van der Waals surface area contributed by atoms with Gasteiger partial charge in [0.25, 0.3) is 0 Å². The minimum absolute atomic E-state index is 0.741. The quantitative estimate of drug-likeness (QED) is 0.733. The van der Waals surface area contributed by atoms with Crippen LogP contribution in [-0.4, -0.2) is 4.57 Å². The van der Waals surface area contributed by atoms with Gasteiger partial charge in [0.1, 0.15) is 5.15 Å². The van der Waals surface area contributed by atoms with E-state index in [-0.39, 0.29) is 0 Å². The van der Waals surface area contributed by atoms with Gasteiger partial charge in [0.05, 0.1) is 0 Å². The standard InChI is InChI=1S/C11H9Cl2N/c12-10-4-1-3-9(7-10)8-14-6-2-5-11(14)13/h1-7H,8H2. The van der Waals surface area contributed by atoms with Crippen LogP contribution in [0.4, 0.5) is 0 Å². The lowest BCUT2D eigenvalue weighted by molar-refractivity contribution is 0.807. The number of hydrogen-bond donors (Lipinski definition) is 0. The Hall–Kier alpha value is -0.920. The molecule has 72 valence electrons. The Bertz CT molecular complexity index is 434. The molecule has 1 aromatic carbocycles. The van der Waals surface area contributed by atoms with Crippen LogP contribution in [-0.2, 0) is 6.54 Å².